The van der Waals surface area contributed by atoms with E-state index in [2.05, 4.69) is 9.88 Å². The fraction of sp³-hybridized carbons (Fsp3) is 0.333. The minimum absolute atomic E-state index is 0.179. The summed E-state index contributed by atoms with van der Waals surface area (Å²) in [6.07, 6.45) is 3.12. The minimum atomic E-state index is -0.971. The number of aromatic carboxylic acids is 1. The second-order valence-corrected chi connectivity index (χ2v) is 4.16. The number of fused-ring (bicyclic) bond motifs is 1. The number of hydrogen-bond acceptors (Lipinski definition) is 4. The van der Waals surface area contributed by atoms with Gasteiger partial charge in [-0.2, -0.15) is 0 Å². The van der Waals surface area contributed by atoms with E-state index in [9.17, 15) is 4.79 Å². The number of carbonyl (C=O) groups is 1. The molecule has 0 radical (unpaired) electrons. The maximum Gasteiger partial charge on any atom is 0.354 e. The van der Waals surface area contributed by atoms with Crippen LogP contribution in [-0.2, 0) is 4.74 Å². The maximum absolute atomic E-state index is 11.0. The predicted molar refractivity (Wildman–Crippen MR) is 65.2 cm³/mol. The van der Waals surface area contributed by atoms with Crippen LogP contribution in [0, 0.1) is 0 Å². The molecule has 0 saturated carbocycles. The molecule has 0 aliphatic carbocycles. The van der Waals surface area contributed by atoms with Crippen LogP contribution in [0.5, 0.6) is 0 Å². The number of hydrogen-bond donors (Lipinski definition) is 1. The van der Waals surface area contributed by atoms with Crippen molar-refractivity contribution in [3.63, 3.8) is 0 Å². The molecule has 1 aliphatic rings. The fourth-order valence-corrected chi connectivity index (χ4v) is 2.15. The van der Waals surface area contributed by atoms with Gasteiger partial charge in [0.15, 0.2) is 5.69 Å². The van der Waals surface area contributed by atoms with E-state index >= 15 is 0 Å². The molecule has 1 fully saturated rings. The van der Waals surface area contributed by atoms with Crippen molar-refractivity contribution in [1.29, 1.82) is 0 Å². The Morgan fingerprint density at radius 1 is 1.39 bits per heavy atom. The lowest BCUT2D eigenvalue weighted by Crippen LogP contribution is -2.36. The summed E-state index contributed by atoms with van der Waals surface area (Å²) < 4.78 is 6.88. The van der Waals surface area contributed by atoms with Crippen LogP contribution < -0.4 is 4.90 Å². The highest BCUT2D eigenvalue weighted by molar-refractivity contribution is 5.86. The Morgan fingerprint density at radius 3 is 2.89 bits per heavy atom. The lowest BCUT2D eigenvalue weighted by molar-refractivity contribution is 0.0689. The van der Waals surface area contributed by atoms with Gasteiger partial charge in [-0.25, -0.2) is 9.78 Å². The molecule has 0 bridgehead atoms. The summed E-state index contributed by atoms with van der Waals surface area (Å²) in [5.74, 6) is -0.971. The molecule has 94 valence electrons. The Kier molecular flexibility index (Phi) is 2.64. The molecule has 0 atom stereocenters. The van der Waals surface area contributed by atoms with Crippen molar-refractivity contribution >= 4 is 17.3 Å². The zero-order chi connectivity index (χ0) is 12.5. The van der Waals surface area contributed by atoms with Gasteiger partial charge in [0.05, 0.1) is 19.4 Å². The van der Waals surface area contributed by atoms with Gasteiger partial charge in [0.25, 0.3) is 0 Å². The molecular formula is C12H13N3O3. The highest BCUT2D eigenvalue weighted by Gasteiger charge is 2.14. The van der Waals surface area contributed by atoms with E-state index in [-0.39, 0.29) is 5.69 Å². The molecule has 0 unspecified atom stereocenters. The highest BCUT2D eigenvalue weighted by atomic mass is 16.5. The molecule has 0 amide bonds. The van der Waals surface area contributed by atoms with Gasteiger partial charge >= 0.3 is 5.97 Å². The van der Waals surface area contributed by atoms with E-state index in [0.29, 0.717) is 5.65 Å². The third kappa shape index (κ3) is 1.80. The molecule has 6 heteroatoms. The number of nitrogens with zero attached hydrogens (tertiary/aromatic N) is 3. The smallest absolute Gasteiger partial charge is 0.354 e. The zero-order valence-electron chi connectivity index (χ0n) is 9.74. The number of rotatable bonds is 2. The van der Waals surface area contributed by atoms with Crippen molar-refractivity contribution in [2.75, 3.05) is 31.2 Å². The maximum atomic E-state index is 11.0. The highest BCUT2D eigenvalue weighted by Crippen LogP contribution is 2.18. The van der Waals surface area contributed by atoms with Crippen LogP contribution in [0.15, 0.2) is 24.5 Å². The van der Waals surface area contributed by atoms with Crippen LogP contribution >= 0.6 is 0 Å². The van der Waals surface area contributed by atoms with Crippen molar-refractivity contribution in [3.05, 3.63) is 30.2 Å². The van der Waals surface area contributed by atoms with Gasteiger partial charge < -0.3 is 14.7 Å². The van der Waals surface area contributed by atoms with Crippen LogP contribution in [0.2, 0.25) is 0 Å². The average molecular weight is 247 g/mol. The molecule has 0 aromatic carbocycles. The van der Waals surface area contributed by atoms with Gasteiger partial charge in [-0.1, -0.05) is 0 Å². The average Bonchev–Trinajstić information content (AvgIpc) is 2.82. The fourth-order valence-electron chi connectivity index (χ4n) is 2.15. The lowest BCUT2D eigenvalue weighted by atomic mass is 10.3. The Balaban J connectivity index is 1.98. The summed E-state index contributed by atoms with van der Waals surface area (Å²) in [5.41, 5.74) is 1.88. The van der Waals surface area contributed by atoms with E-state index in [1.165, 1.54) is 6.20 Å². The first-order chi connectivity index (χ1) is 8.75. The topological polar surface area (TPSA) is 67.1 Å². The lowest BCUT2D eigenvalue weighted by Gasteiger charge is -2.28. The summed E-state index contributed by atoms with van der Waals surface area (Å²) in [7, 11) is 0. The molecule has 6 nitrogen and oxygen atoms in total. The molecule has 1 aliphatic heterocycles. The molecule has 1 saturated heterocycles. The van der Waals surface area contributed by atoms with E-state index in [1.807, 2.05) is 12.1 Å². The second-order valence-electron chi connectivity index (χ2n) is 4.16. The van der Waals surface area contributed by atoms with Crippen molar-refractivity contribution in [2.24, 2.45) is 0 Å². The number of anilines is 1. The van der Waals surface area contributed by atoms with Crippen molar-refractivity contribution in [1.82, 2.24) is 9.38 Å². The number of imidazole rings is 1. The monoisotopic (exact) mass is 247 g/mol. The Labute approximate surface area is 103 Å². The Morgan fingerprint density at radius 2 is 2.17 bits per heavy atom. The number of carboxylic acids is 1. The Bertz CT molecular complexity index is 587. The SMILES string of the molecule is O=C(O)c1cnc2cc(N3CCOCC3)ccn12. The van der Waals surface area contributed by atoms with Crippen molar-refractivity contribution < 1.29 is 14.6 Å². The first-order valence-corrected chi connectivity index (χ1v) is 5.79. The largest absolute Gasteiger partial charge is 0.477 e. The first-order valence-electron chi connectivity index (χ1n) is 5.79. The summed E-state index contributed by atoms with van der Waals surface area (Å²) in [6, 6.07) is 3.81. The molecule has 2 aromatic heterocycles. The number of pyridine rings is 1. The molecule has 3 rings (SSSR count). The number of aromatic nitrogens is 2. The molecule has 3 heterocycles. The van der Waals surface area contributed by atoms with E-state index in [0.717, 1.165) is 32.0 Å². The van der Waals surface area contributed by atoms with Crippen LogP contribution in [0.25, 0.3) is 5.65 Å². The first kappa shape index (κ1) is 11.0. The van der Waals surface area contributed by atoms with Crippen LogP contribution in [0.3, 0.4) is 0 Å². The molecule has 2 aromatic rings. The van der Waals surface area contributed by atoms with Crippen LogP contribution in [0.1, 0.15) is 10.5 Å². The normalized spacial score (nSPS) is 16.1. The molecule has 18 heavy (non-hydrogen) atoms. The third-order valence-electron chi connectivity index (χ3n) is 3.09. The minimum Gasteiger partial charge on any atom is -0.477 e. The van der Waals surface area contributed by atoms with E-state index in [1.54, 1.807) is 10.6 Å². The van der Waals surface area contributed by atoms with E-state index < -0.39 is 5.97 Å². The standard InChI is InChI=1S/C12H13N3O3/c16-12(17)10-8-13-11-7-9(1-2-15(10)11)14-3-5-18-6-4-14/h1-2,7-8H,3-6H2,(H,16,17). The second kappa shape index (κ2) is 4.30. The van der Waals surface area contributed by atoms with Gasteiger partial charge in [-0.3, -0.25) is 4.40 Å². The molecular weight excluding hydrogens is 234 g/mol. The molecule has 0 spiro atoms. The number of carboxylic acid groups (broad SMARTS) is 1. The van der Waals surface area contributed by atoms with Gasteiger partial charge in [-0.15, -0.1) is 0 Å². The summed E-state index contributed by atoms with van der Waals surface area (Å²) in [4.78, 5) is 17.3. The van der Waals surface area contributed by atoms with Gasteiger partial charge in [0.2, 0.25) is 0 Å². The molecule has 1 N–H and O–H groups in total. The predicted octanol–water partition coefficient (Wildman–Crippen LogP) is 0.869. The summed E-state index contributed by atoms with van der Waals surface area (Å²) in [5, 5.41) is 9.00. The zero-order valence-corrected chi connectivity index (χ0v) is 9.74. The van der Waals surface area contributed by atoms with Crippen molar-refractivity contribution in [2.45, 2.75) is 0 Å². The van der Waals surface area contributed by atoms with Gasteiger partial charge in [0.1, 0.15) is 5.65 Å². The number of ether oxygens (including phenoxy) is 1. The van der Waals surface area contributed by atoms with Gasteiger partial charge in [0, 0.05) is 31.0 Å². The van der Waals surface area contributed by atoms with Crippen molar-refractivity contribution in [3.8, 4) is 0 Å². The van der Waals surface area contributed by atoms with Gasteiger partial charge in [-0.05, 0) is 6.07 Å². The summed E-state index contributed by atoms with van der Waals surface area (Å²) in [6.45, 7) is 3.14. The summed E-state index contributed by atoms with van der Waals surface area (Å²) >= 11 is 0. The Hall–Kier alpha value is -2.08. The number of morpholine rings is 1. The van der Waals surface area contributed by atoms with E-state index in [4.69, 9.17) is 9.84 Å². The third-order valence-corrected chi connectivity index (χ3v) is 3.09. The quantitative estimate of drug-likeness (QED) is 0.852. The van der Waals surface area contributed by atoms with Crippen LogP contribution in [-0.4, -0.2) is 46.8 Å². The van der Waals surface area contributed by atoms with Crippen LogP contribution in [0.4, 0.5) is 5.69 Å².